The lowest BCUT2D eigenvalue weighted by Gasteiger charge is -2.24. The van der Waals surface area contributed by atoms with Crippen LogP contribution in [0.15, 0.2) is 6.20 Å². The summed E-state index contributed by atoms with van der Waals surface area (Å²) in [6, 6.07) is 0. The van der Waals surface area contributed by atoms with E-state index in [4.69, 9.17) is 0 Å². The zero-order valence-electron chi connectivity index (χ0n) is 7.04. The van der Waals surface area contributed by atoms with E-state index in [0.29, 0.717) is 0 Å². The summed E-state index contributed by atoms with van der Waals surface area (Å²) in [7, 11) is 2.09. The Labute approximate surface area is 66.6 Å². The number of aryl methyl sites for hydroxylation is 2. The molecular weight excluding hydrogens is 138 g/mol. The number of hydrogen-bond donors (Lipinski definition) is 0. The van der Waals surface area contributed by atoms with Crippen LogP contribution < -0.4 is 4.90 Å². The maximum atomic E-state index is 4.42. The molecule has 1 aromatic rings. The van der Waals surface area contributed by atoms with Gasteiger partial charge in [0.2, 0.25) is 5.95 Å². The highest BCUT2D eigenvalue weighted by Gasteiger charge is 2.14. The molecule has 0 aliphatic carbocycles. The predicted octanol–water partition coefficient (Wildman–Crippen LogP) is 1.03. The van der Waals surface area contributed by atoms with Gasteiger partial charge in [0.1, 0.15) is 0 Å². The number of nitrogens with zero attached hydrogens (tertiary/aromatic N) is 3. The molecule has 3 nitrogen and oxygen atoms in total. The maximum Gasteiger partial charge on any atom is 0.205 e. The Kier molecular flexibility index (Phi) is 1.37. The second-order valence-electron chi connectivity index (χ2n) is 3.15. The summed E-state index contributed by atoms with van der Waals surface area (Å²) in [6.45, 7) is 4.30. The third-order valence-electron chi connectivity index (χ3n) is 2.11. The van der Waals surface area contributed by atoms with Gasteiger partial charge in [-0.05, 0) is 13.3 Å². The molecule has 0 N–H and O–H groups in total. The molecule has 11 heavy (non-hydrogen) atoms. The van der Waals surface area contributed by atoms with E-state index in [0.717, 1.165) is 24.7 Å². The van der Waals surface area contributed by atoms with Gasteiger partial charge < -0.3 is 9.47 Å². The second-order valence-corrected chi connectivity index (χ2v) is 3.15. The van der Waals surface area contributed by atoms with Crippen molar-refractivity contribution >= 4 is 5.95 Å². The number of fused-ring (bicyclic) bond motifs is 1. The monoisotopic (exact) mass is 151 g/mol. The summed E-state index contributed by atoms with van der Waals surface area (Å²) >= 11 is 0. The molecule has 0 fully saturated rings. The van der Waals surface area contributed by atoms with Crippen molar-refractivity contribution in [1.82, 2.24) is 9.55 Å². The average Bonchev–Trinajstić information content (AvgIpc) is 2.31. The van der Waals surface area contributed by atoms with Gasteiger partial charge in [0.15, 0.2) is 0 Å². The van der Waals surface area contributed by atoms with Crippen molar-refractivity contribution in [2.45, 2.75) is 19.9 Å². The number of rotatable bonds is 0. The van der Waals surface area contributed by atoms with Gasteiger partial charge in [0.05, 0.1) is 5.69 Å². The zero-order valence-corrected chi connectivity index (χ0v) is 7.04. The Bertz CT molecular complexity index is 264. The lowest BCUT2D eigenvalue weighted by molar-refractivity contribution is 0.579. The van der Waals surface area contributed by atoms with Crippen LogP contribution in [0.2, 0.25) is 0 Å². The summed E-state index contributed by atoms with van der Waals surface area (Å²) in [4.78, 5) is 6.63. The van der Waals surface area contributed by atoms with Gasteiger partial charge in [-0.3, -0.25) is 0 Å². The number of aromatic nitrogens is 2. The molecule has 0 radical (unpaired) electrons. The van der Waals surface area contributed by atoms with Crippen LogP contribution in [-0.2, 0) is 6.54 Å². The average molecular weight is 151 g/mol. The Morgan fingerprint density at radius 3 is 3.00 bits per heavy atom. The van der Waals surface area contributed by atoms with Crippen LogP contribution in [0.3, 0.4) is 0 Å². The number of imidazole rings is 1. The first kappa shape index (κ1) is 6.70. The number of hydrogen-bond acceptors (Lipinski definition) is 2. The quantitative estimate of drug-likeness (QED) is 0.552. The van der Waals surface area contributed by atoms with Crippen molar-refractivity contribution in [2.75, 3.05) is 18.5 Å². The fourth-order valence-corrected chi connectivity index (χ4v) is 1.58. The van der Waals surface area contributed by atoms with E-state index < -0.39 is 0 Å². The van der Waals surface area contributed by atoms with E-state index in [2.05, 4.69) is 27.7 Å². The van der Waals surface area contributed by atoms with Crippen LogP contribution in [0.25, 0.3) is 0 Å². The molecule has 0 bridgehead atoms. The van der Waals surface area contributed by atoms with E-state index in [-0.39, 0.29) is 0 Å². The van der Waals surface area contributed by atoms with Gasteiger partial charge in [-0.15, -0.1) is 0 Å². The zero-order chi connectivity index (χ0) is 7.84. The standard InChI is InChI=1S/C8H13N3/c1-7-6-11-5-3-4-10(2)8(11)9-7/h6H,3-5H2,1-2H3. The Morgan fingerprint density at radius 1 is 1.45 bits per heavy atom. The molecule has 2 rings (SSSR count). The van der Waals surface area contributed by atoms with Crippen molar-refractivity contribution in [1.29, 1.82) is 0 Å². The van der Waals surface area contributed by atoms with Gasteiger partial charge in [-0.1, -0.05) is 0 Å². The molecule has 0 aromatic carbocycles. The first-order valence-corrected chi connectivity index (χ1v) is 4.02. The molecule has 2 heterocycles. The van der Waals surface area contributed by atoms with Crippen LogP contribution in [0.5, 0.6) is 0 Å². The first-order valence-electron chi connectivity index (χ1n) is 4.02. The summed E-state index contributed by atoms with van der Waals surface area (Å²) in [5.41, 5.74) is 1.12. The molecule has 0 atom stereocenters. The fraction of sp³-hybridized carbons (Fsp3) is 0.625. The normalized spacial score (nSPS) is 16.7. The van der Waals surface area contributed by atoms with Gasteiger partial charge in [0.25, 0.3) is 0 Å². The van der Waals surface area contributed by atoms with Crippen molar-refractivity contribution in [2.24, 2.45) is 0 Å². The van der Waals surface area contributed by atoms with Crippen molar-refractivity contribution in [3.63, 3.8) is 0 Å². The van der Waals surface area contributed by atoms with Crippen LogP contribution in [0.4, 0.5) is 5.95 Å². The topological polar surface area (TPSA) is 21.1 Å². The highest BCUT2D eigenvalue weighted by Crippen LogP contribution is 2.17. The third-order valence-corrected chi connectivity index (χ3v) is 2.11. The summed E-state index contributed by atoms with van der Waals surface area (Å²) in [5, 5.41) is 0. The van der Waals surface area contributed by atoms with Gasteiger partial charge >= 0.3 is 0 Å². The SMILES string of the molecule is Cc1cn2c(n1)N(C)CCC2. The molecular formula is C8H13N3. The molecule has 0 amide bonds. The Morgan fingerprint density at radius 2 is 2.27 bits per heavy atom. The lowest BCUT2D eigenvalue weighted by Crippen LogP contribution is -2.28. The third kappa shape index (κ3) is 1.00. The van der Waals surface area contributed by atoms with Crippen molar-refractivity contribution in [3.05, 3.63) is 11.9 Å². The van der Waals surface area contributed by atoms with Gasteiger partial charge in [-0.2, -0.15) is 0 Å². The molecule has 1 aliphatic heterocycles. The van der Waals surface area contributed by atoms with Gasteiger partial charge in [-0.25, -0.2) is 4.98 Å². The van der Waals surface area contributed by atoms with E-state index >= 15 is 0 Å². The van der Waals surface area contributed by atoms with Crippen LogP contribution in [-0.4, -0.2) is 23.1 Å². The number of anilines is 1. The van der Waals surface area contributed by atoms with E-state index in [9.17, 15) is 0 Å². The van der Waals surface area contributed by atoms with Crippen molar-refractivity contribution in [3.8, 4) is 0 Å². The minimum Gasteiger partial charge on any atom is -0.345 e. The molecule has 1 aromatic heterocycles. The lowest BCUT2D eigenvalue weighted by atomic mass is 10.3. The minimum atomic E-state index is 1.12. The Balaban J connectivity index is 2.43. The van der Waals surface area contributed by atoms with E-state index in [1.807, 2.05) is 6.92 Å². The predicted molar refractivity (Wildman–Crippen MR) is 44.9 cm³/mol. The van der Waals surface area contributed by atoms with Crippen LogP contribution in [0.1, 0.15) is 12.1 Å². The van der Waals surface area contributed by atoms with E-state index in [1.165, 1.54) is 6.42 Å². The van der Waals surface area contributed by atoms with Gasteiger partial charge in [0, 0.05) is 26.3 Å². The smallest absolute Gasteiger partial charge is 0.205 e. The second kappa shape index (κ2) is 2.26. The van der Waals surface area contributed by atoms with Crippen LogP contribution >= 0.6 is 0 Å². The first-order chi connectivity index (χ1) is 5.27. The molecule has 0 saturated carbocycles. The summed E-state index contributed by atoms with van der Waals surface area (Å²) < 4.78 is 2.22. The van der Waals surface area contributed by atoms with Crippen LogP contribution in [0, 0.1) is 6.92 Å². The maximum absolute atomic E-state index is 4.42. The van der Waals surface area contributed by atoms with E-state index in [1.54, 1.807) is 0 Å². The molecule has 1 aliphatic rings. The minimum absolute atomic E-state index is 1.12. The molecule has 0 unspecified atom stereocenters. The molecule has 3 heteroatoms. The summed E-state index contributed by atoms with van der Waals surface area (Å²) in [5.74, 6) is 1.12. The summed E-state index contributed by atoms with van der Waals surface area (Å²) in [6.07, 6.45) is 3.35. The molecule has 60 valence electrons. The fourth-order valence-electron chi connectivity index (χ4n) is 1.58. The molecule has 0 spiro atoms. The molecule has 0 saturated heterocycles. The largest absolute Gasteiger partial charge is 0.345 e. The highest BCUT2D eigenvalue weighted by atomic mass is 15.3. The van der Waals surface area contributed by atoms with Crippen molar-refractivity contribution < 1.29 is 0 Å². The Hall–Kier alpha value is -0.990. The highest BCUT2D eigenvalue weighted by molar-refractivity contribution is 5.33.